The fraction of sp³-hybridized carbons (Fsp3) is 0.500. The Labute approximate surface area is 212 Å². The lowest BCUT2D eigenvalue weighted by molar-refractivity contribution is 0.0334. The van der Waals surface area contributed by atoms with Crippen LogP contribution >= 0.6 is 0 Å². The summed E-state index contributed by atoms with van der Waals surface area (Å²) in [6, 6.07) is 15.5. The predicted molar refractivity (Wildman–Crippen MR) is 135 cm³/mol. The monoisotopic (exact) mass is 493 g/mol. The Balaban J connectivity index is 1.02. The molecule has 0 radical (unpaired) electrons. The highest BCUT2D eigenvalue weighted by Crippen LogP contribution is 2.30. The smallest absolute Gasteiger partial charge is 0.407 e. The van der Waals surface area contributed by atoms with E-state index in [1.165, 1.54) is 32.4 Å². The van der Waals surface area contributed by atoms with Gasteiger partial charge >= 0.3 is 6.09 Å². The lowest BCUT2D eigenvalue weighted by Gasteiger charge is -2.40. The van der Waals surface area contributed by atoms with Crippen molar-refractivity contribution in [2.75, 3.05) is 39.4 Å². The summed E-state index contributed by atoms with van der Waals surface area (Å²) in [7, 11) is 0. The number of ether oxygens (including phenoxy) is 3. The van der Waals surface area contributed by atoms with Crippen LogP contribution in [0.2, 0.25) is 0 Å². The molecule has 8 heteroatoms. The number of fused-ring (bicyclic) bond motifs is 1. The average Bonchev–Trinajstić information content (AvgIpc) is 2.95. The number of hydrogen-bond acceptors (Lipinski definition) is 6. The molecule has 3 aliphatic heterocycles. The van der Waals surface area contributed by atoms with Crippen LogP contribution in [-0.4, -0.2) is 73.3 Å². The second-order valence-corrected chi connectivity index (χ2v) is 9.77. The van der Waals surface area contributed by atoms with Gasteiger partial charge in [-0.15, -0.1) is 0 Å². The molecule has 0 aromatic heterocycles. The van der Waals surface area contributed by atoms with Crippen LogP contribution in [0, 0.1) is 0 Å². The molecular weight excluding hydrogens is 458 g/mol. The molecule has 8 nitrogen and oxygen atoms in total. The van der Waals surface area contributed by atoms with Gasteiger partial charge in [-0.2, -0.15) is 0 Å². The van der Waals surface area contributed by atoms with E-state index in [0.29, 0.717) is 36.3 Å². The molecule has 2 saturated heterocycles. The molecular formula is C28H35N3O5. The Morgan fingerprint density at radius 1 is 0.917 bits per heavy atom. The van der Waals surface area contributed by atoms with Gasteiger partial charge in [-0.05, 0) is 68.6 Å². The molecule has 2 amide bonds. The van der Waals surface area contributed by atoms with Gasteiger partial charge in [0.25, 0.3) is 5.91 Å². The molecule has 1 unspecified atom stereocenters. The highest BCUT2D eigenvalue weighted by molar-refractivity contribution is 5.94. The third-order valence-corrected chi connectivity index (χ3v) is 7.26. The zero-order chi connectivity index (χ0) is 24.7. The molecule has 192 valence electrons. The van der Waals surface area contributed by atoms with Crippen LogP contribution in [0.15, 0.2) is 48.5 Å². The minimum Gasteiger partial charge on any atom is -0.486 e. The Morgan fingerprint density at radius 3 is 2.39 bits per heavy atom. The average molecular weight is 494 g/mol. The van der Waals surface area contributed by atoms with Crippen LogP contribution < -0.4 is 14.8 Å². The molecule has 5 rings (SSSR count). The van der Waals surface area contributed by atoms with E-state index in [-0.39, 0.29) is 18.6 Å². The second kappa shape index (κ2) is 11.6. The summed E-state index contributed by atoms with van der Waals surface area (Å²) >= 11 is 0. The molecule has 0 bridgehead atoms. The number of amides is 2. The molecule has 3 aliphatic rings. The second-order valence-electron chi connectivity index (χ2n) is 9.77. The SMILES string of the molecule is O=C(NCc1ccc(C(=O)N2CCC(N3CCCCC3)CC2)cc1)OCC1COc2ccccc2O1. The summed E-state index contributed by atoms with van der Waals surface area (Å²) in [6.07, 6.45) is 5.20. The van der Waals surface area contributed by atoms with E-state index in [0.717, 1.165) is 31.5 Å². The van der Waals surface area contributed by atoms with Gasteiger partial charge in [0.15, 0.2) is 17.6 Å². The van der Waals surface area contributed by atoms with E-state index >= 15 is 0 Å². The molecule has 1 atom stereocenters. The van der Waals surface area contributed by atoms with Crippen LogP contribution in [0.25, 0.3) is 0 Å². The third kappa shape index (κ3) is 6.10. The summed E-state index contributed by atoms with van der Waals surface area (Å²) in [6.45, 7) is 4.79. The summed E-state index contributed by atoms with van der Waals surface area (Å²) < 4.78 is 16.7. The van der Waals surface area contributed by atoms with Crippen LogP contribution in [-0.2, 0) is 11.3 Å². The van der Waals surface area contributed by atoms with Gasteiger partial charge in [0, 0.05) is 31.2 Å². The van der Waals surface area contributed by atoms with Crippen molar-refractivity contribution in [1.29, 1.82) is 0 Å². The van der Waals surface area contributed by atoms with Crippen molar-refractivity contribution in [2.24, 2.45) is 0 Å². The van der Waals surface area contributed by atoms with Crippen molar-refractivity contribution in [1.82, 2.24) is 15.1 Å². The quantitative estimate of drug-likeness (QED) is 0.659. The van der Waals surface area contributed by atoms with Crippen molar-refractivity contribution in [2.45, 2.75) is 50.8 Å². The normalized spacial score (nSPS) is 20.6. The number of piperidine rings is 2. The third-order valence-electron chi connectivity index (χ3n) is 7.26. The maximum atomic E-state index is 13.0. The zero-order valence-electron chi connectivity index (χ0n) is 20.7. The largest absolute Gasteiger partial charge is 0.486 e. The molecule has 0 saturated carbocycles. The molecule has 0 spiro atoms. The fourth-order valence-corrected chi connectivity index (χ4v) is 5.20. The zero-order valence-corrected chi connectivity index (χ0v) is 20.7. The van der Waals surface area contributed by atoms with Gasteiger partial charge in [0.2, 0.25) is 0 Å². The van der Waals surface area contributed by atoms with E-state index in [1.807, 2.05) is 53.4 Å². The van der Waals surface area contributed by atoms with Gasteiger partial charge < -0.3 is 29.3 Å². The lowest BCUT2D eigenvalue weighted by Crippen LogP contribution is -2.48. The van der Waals surface area contributed by atoms with Gasteiger partial charge in [-0.1, -0.05) is 30.7 Å². The van der Waals surface area contributed by atoms with E-state index in [4.69, 9.17) is 14.2 Å². The molecule has 2 aromatic carbocycles. The molecule has 1 N–H and O–H groups in total. The minimum atomic E-state index is -0.519. The number of likely N-dealkylation sites (tertiary alicyclic amines) is 2. The first-order valence-electron chi connectivity index (χ1n) is 13.1. The van der Waals surface area contributed by atoms with Crippen molar-refractivity contribution < 1.29 is 23.8 Å². The topological polar surface area (TPSA) is 80.3 Å². The Kier molecular flexibility index (Phi) is 7.91. The summed E-state index contributed by atoms with van der Waals surface area (Å²) in [5, 5.41) is 2.75. The maximum Gasteiger partial charge on any atom is 0.407 e. The first-order chi connectivity index (χ1) is 17.7. The van der Waals surface area contributed by atoms with Gasteiger partial charge in [0.1, 0.15) is 13.2 Å². The summed E-state index contributed by atoms with van der Waals surface area (Å²) in [5.41, 5.74) is 1.59. The fourth-order valence-electron chi connectivity index (χ4n) is 5.20. The summed E-state index contributed by atoms with van der Waals surface area (Å²) in [4.78, 5) is 29.7. The molecule has 2 fully saturated rings. The van der Waals surface area contributed by atoms with E-state index in [2.05, 4.69) is 10.2 Å². The number of carbonyl (C=O) groups excluding carboxylic acids is 2. The minimum absolute atomic E-state index is 0.0855. The Hall–Kier alpha value is -3.26. The van der Waals surface area contributed by atoms with Gasteiger partial charge in [-0.25, -0.2) is 4.79 Å². The van der Waals surface area contributed by atoms with E-state index in [9.17, 15) is 9.59 Å². The first-order valence-corrected chi connectivity index (χ1v) is 13.1. The molecule has 3 heterocycles. The van der Waals surface area contributed by atoms with Crippen LogP contribution in [0.1, 0.15) is 48.0 Å². The number of hydrogen-bond donors (Lipinski definition) is 1. The van der Waals surface area contributed by atoms with Crippen molar-refractivity contribution >= 4 is 12.0 Å². The standard InChI is InChI=1S/C28H35N3O5/c32-27(31-16-12-23(13-17-31)30-14-4-1-5-15-30)22-10-8-21(9-11-22)18-29-28(33)35-20-24-19-34-25-6-2-3-7-26(25)36-24/h2-3,6-11,23-24H,1,4-5,12-20H2,(H,29,33). The van der Waals surface area contributed by atoms with Crippen molar-refractivity contribution in [3.8, 4) is 11.5 Å². The number of alkyl carbamates (subject to hydrolysis) is 1. The van der Waals surface area contributed by atoms with Crippen LogP contribution in [0.5, 0.6) is 11.5 Å². The van der Waals surface area contributed by atoms with Crippen molar-refractivity contribution in [3.63, 3.8) is 0 Å². The Bertz CT molecular complexity index is 1030. The van der Waals surface area contributed by atoms with Gasteiger partial charge in [0.05, 0.1) is 0 Å². The first kappa shape index (κ1) is 24.4. The van der Waals surface area contributed by atoms with Crippen molar-refractivity contribution in [3.05, 3.63) is 59.7 Å². The molecule has 2 aromatic rings. The number of rotatable bonds is 6. The Morgan fingerprint density at radius 2 is 1.64 bits per heavy atom. The predicted octanol–water partition coefficient (Wildman–Crippen LogP) is 3.84. The van der Waals surface area contributed by atoms with E-state index < -0.39 is 6.09 Å². The molecule has 0 aliphatic carbocycles. The maximum absolute atomic E-state index is 13.0. The number of nitrogens with zero attached hydrogens (tertiary/aromatic N) is 2. The van der Waals surface area contributed by atoms with Crippen LogP contribution in [0.4, 0.5) is 4.79 Å². The van der Waals surface area contributed by atoms with Crippen LogP contribution in [0.3, 0.4) is 0 Å². The molecule has 36 heavy (non-hydrogen) atoms. The number of benzene rings is 2. The van der Waals surface area contributed by atoms with Gasteiger partial charge in [-0.3, -0.25) is 4.79 Å². The highest BCUT2D eigenvalue weighted by Gasteiger charge is 2.28. The highest BCUT2D eigenvalue weighted by atomic mass is 16.6. The van der Waals surface area contributed by atoms with E-state index in [1.54, 1.807) is 0 Å². The number of carbonyl (C=O) groups is 2. The summed E-state index contributed by atoms with van der Waals surface area (Å²) in [5.74, 6) is 1.43. The lowest BCUT2D eigenvalue weighted by atomic mass is 9.99. The number of nitrogens with one attached hydrogen (secondary N) is 1. The number of para-hydroxylation sites is 2.